The van der Waals surface area contributed by atoms with Gasteiger partial charge in [0, 0.05) is 20.5 Å². The number of hydrogen-bond donors (Lipinski definition) is 1. The number of hydrogen-bond acceptors (Lipinski definition) is 2. The summed E-state index contributed by atoms with van der Waals surface area (Å²) in [7, 11) is 3.27. The maximum atomic E-state index is 11.5. The van der Waals surface area contributed by atoms with E-state index in [4.69, 9.17) is 5.11 Å². The van der Waals surface area contributed by atoms with Gasteiger partial charge in [0.25, 0.3) is 0 Å². The van der Waals surface area contributed by atoms with Crippen molar-refractivity contribution in [1.82, 2.24) is 4.90 Å². The maximum absolute atomic E-state index is 11.5. The van der Waals surface area contributed by atoms with Crippen molar-refractivity contribution in [2.24, 2.45) is 5.92 Å². The molecule has 1 atom stereocenters. The minimum atomic E-state index is -0.935. The average Bonchev–Trinajstić information content (AvgIpc) is 2.31. The van der Waals surface area contributed by atoms with Crippen molar-refractivity contribution in [3.63, 3.8) is 0 Å². The molecular weight excluding hydrogens is 230 g/mol. The molecule has 0 aliphatic rings. The van der Waals surface area contributed by atoms with Crippen LogP contribution in [0.25, 0.3) is 0 Å². The van der Waals surface area contributed by atoms with E-state index in [9.17, 15) is 9.59 Å². The van der Waals surface area contributed by atoms with Crippen LogP contribution in [0, 0.1) is 5.92 Å². The smallest absolute Gasteiger partial charge is 0.310 e. The molecule has 1 amide bonds. The maximum Gasteiger partial charge on any atom is 0.310 e. The van der Waals surface area contributed by atoms with Gasteiger partial charge < -0.3 is 10.0 Å². The highest BCUT2D eigenvalue weighted by Crippen LogP contribution is 2.10. The molecule has 0 heterocycles. The number of carboxylic acid groups (broad SMARTS) is 1. The molecule has 4 nitrogen and oxygen atoms in total. The topological polar surface area (TPSA) is 57.6 Å². The van der Waals surface area contributed by atoms with Gasteiger partial charge in [0.1, 0.15) is 0 Å². The van der Waals surface area contributed by atoms with Crippen LogP contribution in [0.3, 0.4) is 0 Å². The minimum Gasteiger partial charge on any atom is -0.481 e. The highest BCUT2D eigenvalue weighted by molar-refractivity contribution is 5.83. The summed E-state index contributed by atoms with van der Waals surface area (Å²) in [6.07, 6.45) is 9.13. The first-order valence-electron chi connectivity index (χ1n) is 6.58. The number of carbonyl (C=O) groups excluding carboxylic acids is 1. The quantitative estimate of drug-likeness (QED) is 0.509. The van der Waals surface area contributed by atoms with E-state index in [0.29, 0.717) is 0 Å². The molecule has 0 radical (unpaired) electrons. The van der Waals surface area contributed by atoms with Gasteiger partial charge in [0.05, 0.1) is 5.92 Å². The molecule has 1 N–H and O–H groups in total. The summed E-state index contributed by atoms with van der Waals surface area (Å²) in [5, 5.41) is 9.02. The monoisotopic (exact) mass is 255 g/mol. The van der Waals surface area contributed by atoms with E-state index in [-0.39, 0.29) is 12.3 Å². The van der Waals surface area contributed by atoms with Gasteiger partial charge in [-0.25, -0.2) is 0 Å². The van der Waals surface area contributed by atoms with Gasteiger partial charge in [-0.2, -0.15) is 0 Å². The first-order valence-corrected chi connectivity index (χ1v) is 6.58. The Morgan fingerprint density at radius 2 is 1.89 bits per heavy atom. The zero-order chi connectivity index (χ0) is 14.0. The van der Waals surface area contributed by atoms with Crippen molar-refractivity contribution in [3.8, 4) is 0 Å². The molecule has 0 saturated heterocycles. The Labute approximate surface area is 110 Å². The Balaban J connectivity index is 4.08. The summed E-state index contributed by atoms with van der Waals surface area (Å²) < 4.78 is 0. The normalized spacial score (nSPS) is 12.6. The van der Waals surface area contributed by atoms with Crippen LogP contribution in [-0.4, -0.2) is 36.0 Å². The molecule has 18 heavy (non-hydrogen) atoms. The predicted octanol–water partition coefficient (Wildman–Crippen LogP) is 2.69. The van der Waals surface area contributed by atoms with Crippen molar-refractivity contribution in [2.75, 3.05) is 14.1 Å². The van der Waals surface area contributed by atoms with Crippen LogP contribution in [0.1, 0.15) is 45.4 Å². The molecule has 0 aromatic rings. The van der Waals surface area contributed by atoms with Crippen molar-refractivity contribution in [2.45, 2.75) is 45.4 Å². The number of nitrogens with zero attached hydrogens (tertiary/aromatic N) is 1. The van der Waals surface area contributed by atoms with Crippen LogP contribution >= 0.6 is 0 Å². The second-order valence-corrected chi connectivity index (χ2v) is 4.71. The number of rotatable bonds is 9. The van der Waals surface area contributed by atoms with Crippen molar-refractivity contribution in [1.29, 1.82) is 0 Å². The molecule has 0 aliphatic heterocycles. The Morgan fingerprint density at radius 3 is 2.39 bits per heavy atom. The van der Waals surface area contributed by atoms with E-state index in [1.807, 2.05) is 6.08 Å². The lowest BCUT2D eigenvalue weighted by Crippen LogP contribution is -2.26. The van der Waals surface area contributed by atoms with E-state index < -0.39 is 11.9 Å². The Hall–Kier alpha value is -1.32. The summed E-state index contributed by atoms with van der Waals surface area (Å²) in [5.41, 5.74) is 0. The number of amides is 1. The van der Waals surface area contributed by atoms with E-state index in [2.05, 4.69) is 6.92 Å². The zero-order valence-corrected chi connectivity index (χ0v) is 11.7. The van der Waals surface area contributed by atoms with Crippen LogP contribution < -0.4 is 0 Å². The molecule has 0 bridgehead atoms. The molecule has 104 valence electrons. The first kappa shape index (κ1) is 16.7. The fourth-order valence-corrected chi connectivity index (χ4v) is 1.56. The fraction of sp³-hybridized carbons (Fsp3) is 0.714. The second-order valence-electron chi connectivity index (χ2n) is 4.71. The molecule has 0 rings (SSSR count). The number of carboxylic acids is 1. The van der Waals surface area contributed by atoms with Gasteiger partial charge in [-0.05, 0) is 12.8 Å². The SMILES string of the molecule is CCCCCCC=CC(CC(=O)N(C)C)C(=O)O. The first-order chi connectivity index (χ1) is 8.49. The van der Waals surface area contributed by atoms with Crippen LogP contribution in [0.5, 0.6) is 0 Å². The van der Waals surface area contributed by atoms with Crippen molar-refractivity contribution >= 4 is 11.9 Å². The number of aliphatic carboxylic acids is 1. The van der Waals surface area contributed by atoms with Gasteiger partial charge in [-0.1, -0.05) is 38.3 Å². The van der Waals surface area contributed by atoms with Gasteiger partial charge in [-0.15, -0.1) is 0 Å². The molecular formula is C14H25NO3. The molecule has 0 fully saturated rings. The second kappa shape index (κ2) is 9.68. The Morgan fingerprint density at radius 1 is 1.22 bits per heavy atom. The summed E-state index contributed by atoms with van der Waals surface area (Å²) in [5.74, 6) is -1.79. The molecule has 4 heteroatoms. The Bertz CT molecular complexity index is 285. The standard InChI is InChI=1S/C14H25NO3/c1-4-5-6-7-8-9-10-12(14(17)18)11-13(16)15(2)3/h9-10,12H,4-8,11H2,1-3H3,(H,17,18). The number of carbonyl (C=O) groups is 2. The van der Waals surface area contributed by atoms with E-state index in [1.165, 1.54) is 24.2 Å². The lowest BCUT2D eigenvalue weighted by Gasteiger charge is -2.12. The molecule has 0 aliphatic carbocycles. The summed E-state index contributed by atoms with van der Waals surface area (Å²) in [4.78, 5) is 23.9. The van der Waals surface area contributed by atoms with Gasteiger partial charge in [0.15, 0.2) is 0 Å². The molecule has 0 aromatic heterocycles. The average molecular weight is 255 g/mol. The van der Waals surface area contributed by atoms with E-state index in [0.717, 1.165) is 12.8 Å². The van der Waals surface area contributed by atoms with Crippen molar-refractivity contribution < 1.29 is 14.7 Å². The van der Waals surface area contributed by atoms with E-state index in [1.54, 1.807) is 20.2 Å². The molecule has 0 aromatic carbocycles. The fourth-order valence-electron chi connectivity index (χ4n) is 1.56. The van der Waals surface area contributed by atoms with E-state index >= 15 is 0 Å². The third kappa shape index (κ3) is 7.87. The summed E-state index contributed by atoms with van der Waals surface area (Å²) in [6, 6.07) is 0. The van der Waals surface area contributed by atoms with Crippen LogP contribution in [0.15, 0.2) is 12.2 Å². The largest absolute Gasteiger partial charge is 0.481 e. The van der Waals surface area contributed by atoms with Crippen LogP contribution in [0.2, 0.25) is 0 Å². The highest BCUT2D eigenvalue weighted by atomic mass is 16.4. The highest BCUT2D eigenvalue weighted by Gasteiger charge is 2.18. The molecule has 0 saturated carbocycles. The zero-order valence-electron chi connectivity index (χ0n) is 11.7. The summed E-state index contributed by atoms with van der Waals surface area (Å²) >= 11 is 0. The third-order valence-electron chi connectivity index (χ3n) is 2.80. The molecule has 1 unspecified atom stereocenters. The lowest BCUT2D eigenvalue weighted by atomic mass is 10.0. The third-order valence-corrected chi connectivity index (χ3v) is 2.80. The van der Waals surface area contributed by atoms with Gasteiger partial charge in [0.2, 0.25) is 5.91 Å². The summed E-state index contributed by atoms with van der Waals surface area (Å²) in [6.45, 7) is 2.16. The number of unbranched alkanes of at least 4 members (excludes halogenated alkanes) is 4. The Kier molecular flexibility index (Phi) is 8.97. The minimum absolute atomic E-state index is 0.0355. The van der Waals surface area contributed by atoms with Gasteiger partial charge in [-0.3, -0.25) is 9.59 Å². The van der Waals surface area contributed by atoms with Gasteiger partial charge >= 0.3 is 5.97 Å². The van der Waals surface area contributed by atoms with Crippen molar-refractivity contribution in [3.05, 3.63) is 12.2 Å². The predicted molar refractivity (Wildman–Crippen MR) is 72.3 cm³/mol. The van der Waals surface area contributed by atoms with Crippen LogP contribution in [-0.2, 0) is 9.59 Å². The molecule has 0 spiro atoms. The number of allylic oxidation sites excluding steroid dienone is 1. The van der Waals surface area contributed by atoms with Crippen LogP contribution in [0.4, 0.5) is 0 Å². The lowest BCUT2D eigenvalue weighted by molar-refractivity contribution is -0.143.